The molecule has 0 bridgehead atoms. The summed E-state index contributed by atoms with van der Waals surface area (Å²) in [5, 5.41) is 13.9. The minimum absolute atomic E-state index is 0.0479. The zero-order valence-electron chi connectivity index (χ0n) is 24.3. The van der Waals surface area contributed by atoms with Gasteiger partial charge in [0.1, 0.15) is 29.6 Å². The van der Waals surface area contributed by atoms with Crippen molar-refractivity contribution in [2.75, 3.05) is 20.3 Å². The van der Waals surface area contributed by atoms with Gasteiger partial charge in [0.15, 0.2) is 0 Å². The van der Waals surface area contributed by atoms with Crippen LogP contribution in [0.5, 0.6) is 11.5 Å². The van der Waals surface area contributed by atoms with Gasteiger partial charge in [0.2, 0.25) is 0 Å². The van der Waals surface area contributed by atoms with Crippen molar-refractivity contribution >= 4 is 22.7 Å². The van der Waals surface area contributed by atoms with Crippen LogP contribution in [0.3, 0.4) is 0 Å². The summed E-state index contributed by atoms with van der Waals surface area (Å²) < 4.78 is 24.7. The Hall–Kier alpha value is -4.37. The van der Waals surface area contributed by atoms with E-state index in [9.17, 15) is 4.79 Å². The Bertz CT molecular complexity index is 1540. The first kappa shape index (κ1) is 29.6. The molecule has 0 radical (unpaired) electrons. The largest absolute Gasteiger partial charge is 0.492 e. The van der Waals surface area contributed by atoms with Crippen LogP contribution < -0.4 is 15.2 Å². The van der Waals surface area contributed by atoms with Crippen molar-refractivity contribution < 1.29 is 23.7 Å². The van der Waals surface area contributed by atoms with E-state index in [4.69, 9.17) is 35.2 Å². The summed E-state index contributed by atoms with van der Waals surface area (Å²) in [6.45, 7) is 9.25. The number of amidine groups is 1. The maximum Gasteiger partial charge on any atom is 0.310 e. The van der Waals surface area contributed by atoms with Crippen molar-refractivity contribution in [1.29, 1.82) is 5.41 Å². The number of nitrogens with zero attached hydrogens (tertiary/aromatic N) is 2. The van der Waals surface area contributed by atoms with Crippen LogP contribution in [0, 0.1) is 5.41 Å². The number of carbonyl (C=O) groups excluding carboxylic acids is 1. The van der Waals surface area contributed by atoms with Crippen molar-refractivity contribution in [2.24, 2.45) is 5.73 Å². The van der Waals surface area contributed by atoms with Crippen molar-refractivity contribution in [2.45, 2.75) is 53.4 Å². The number of methoxy groups -OCH3 is 1. The molecule has 3 aromatic carbocycles. The van der Waals surface area contributed by atoms with Crippen LogP contribution in [0.15, 0.2) is 54.6 Å². The Morgan fingerprint density at radius 3 is 2.51 bits per heavy atom. The Morgan fingerprint density at radius 2 is 1.83 bits per heavy atom. The van der Waals surface area contributed by atoms with Crippen LogP contribution in [-0.4, -0.2) is 41.9 Å². The normalized spacial score (nSPS) is 11.2. The second-order valence-electron chi connectivity index (χ2n) is 9.89. The topological polar surface area (TPSA) is 122 Å². The van der Waals surface area contributed by atoms with Gasteiger partial charge >= 0.3 is 5.97 Å². The highest BCUT2D eigenvalue weighted by Crippen LogP contribution is 2.36. The number of nitrogens with two attached hydrogens (primary N) is 1. The van der Waals surface area contributed by atoms with E-state index in [0.29, 0.717) is 36.9 Å². The second-order valence-corrected chi connectivity index (χ2v) is 9.89. The predicted molar refractivity (Wildman–Crippen MR) is 160 cm³/mol. The van der Waals surface area contributed by atoms with Crippen molar-refractivity contribution in [3.05, 3.63) is 77.0 Å². The van der Waals surface area contributed by atoms with E-state index in [1.165, 1.54) is 0 Å². The van der Waals surface area contributed by atoms with Crippen LogP contribution in [0.25, 0.3) is 22.0 Å². The standard InChI is InChI=1S/C32H38N4O5/c1-6-39-30(37)17-23-15-21(18-38-5)11-14-29(23)41-19-27-26-16-22(12-13-28(26)36(35-27)20(3)4)24-9-8-10-25(32(33)34)31(24)40-7-2/h8-16,20H,6-7,17-19H2,1-5H3,(H3,33,34). The van der Waals surface area contributed by atoms with Gasteiger partial charge in [-0.05, 0) is 69.2 Å². The summed E-state index contributed by atoms with van der Waals surface area (Å²) >= 11 is 0. The molecule has 0 fully saturated rings. The fourth-order valence-electron chi connectivity index (χ4n) is 4.83. The highest BCUT2D eigenvalue weighted by atomic mass is 16.5. The van der Waals surface area contributed by atoms with E-state index in [1.54, 1.807) is 20.1 Å². The first-order chi connectivity index (χ1) is 19.8. The summed E-state index contributed by atoms with van der Waals surface area (Å²) in [5.41, 5.74) is 11.6. The molecule has 9 nitrogen and oxygen atoms in total. The second kappa shape index (κ2) is 13.3. The lowest BCUT2D eigenvalue weighted by molar-refractivity contribution is -0.142. The van der Waals surface area contributed by atoms with E-state index in [-0.39, 0.29) is 30.9 Å². The monoisotopic (exact) mass is 558 g/mol. The zero-order chi connectivity index (χ0) is 29.5. The molecule has 1 heterocycles. The van der Waals surface area contributed by atoms with Crippen LogP contribution in [-0.2, 0) is 33.9 Å². The fourth-order valence-corrected chi connectivity index (χ4v) is 4.83. The van der Waals surface area contributed by atoms with Gasteiger partial charge in [-0.1, -0.05) is 24.3 Å². The van der Waals surface area contributed by atoms with Crippen LogP contribution in [0.4, 0.5) is 0 Å². The quantitative estimate of drug-likeness (QED) is 0.121. The smallest absolute Gasteiger partial charge is 0.310 e. The van der Waals surface area contributed by atoms with Gasteiger partial charge in [0, 0.05) is 29.7 Å². The number of esters is 1. The molecule has 0 aliphatic heterocycles. The molecule has 0 saturated carbocycles. The minimum atomic E-state index is -0.316. The Kier molecular flexibility index (Phi) is 9.62. The molecule has 0 aliphatic carbocycles. The Labute approximate surface area is 240 Å². The molecule has 41 heavy (non-hydrogen) atoms. The number of rotatable bonds is 13. The third kappa shape index (κ3) is 6.69. The number of carbonyl (C=O) groups is 1. The van der Waals surface area contributed by atoms with Gasteiger partial charge in [0.25, 0.3) is 0 Å². The molecule has 9 heteroatoms. The summed E-state index contributed by atoms with van der Waals surface area (Å²) in [6, 6.07) is 17.6. The lowest BCUT2D eigenvalue weighted by atomic mass is 9.99. The number of para-hydroxylation sites is 1. The molecule has 1 aromatic heterocycles. The van der Waals surface area contributed by atoms with Gasteiger partial charge in [-0.25, -0.2) is 0 Å². The molecule has 216 valence electrons. The number of hydrogen-bond donors (Lipinski definition) is 2. The minimum Gasteiger partial charge on any atom is -0.492 e. The molecule has 3 N–H and O–H groups in total. The molecule has 0 unspecified atom stereocenters. The number of ether oxygens (including phenoxy) is 4. The van der Waals surface area contributed by atoms with E-state index in [2.05, 4.69) is 19.9 Å². The average Bonchev–Trinajstić information content (AvgIpc) is 3.31. The first-order valence-corrected chi connectivity index (χ1v) is 13.8. The summed E-state index contributed by atoms with van der Waals surface area (Å²) in [6.07, 6.45) is 0.0960. The maximum absolute atomic E-state index is 12.3. The van der Waals surface area contributed by atoms with Gasteiger partial charge in [-0.2, -0.15) is 5.10 Å². The summed E-state index contributed by atoms with van der Waals surface area (Å²) in [5.74, 6) is 0.807. The summed E-state index contributed by atoms with van der Waals surface area (Å²) in [7, 11) is 1.63. The number of nitrogens with one attached hydrogen (secondary N) is 1. The SMILES string of the molecule is CCOC(=O)Cc1cc(COC)ccc1OCc1nn(C(C)C)c2ccc(-c3cccc(C(=N)N)c3OCC)cc12. The summed E-state index contributed by atoms with van der Waals surface area (Å²) in [4.78, 5) is 12.3. The van der Waals surface area contributed by atoms with Gasteiger partial charge in [-0.3, -0.25) is 14.9 Å². The molecule has 4 rings (SSSR count). The number of hydrogen-bond acceptors (Lipinski definition) is 7. The lowest BCUT2D eigenvalue weighted by Gasteiger charge is -2.15. The number of aromatic nitrogens is 2. The fraction of sp³-hybridized carbons (Fsp3) is 0.344. The van der Waals surface area contributed by atoms with Crippen LogP contribution in [0.2, 0.25) is 0 Å². The third-order valence-electron chi connectivity index (χ3n) is 6.62. The van der Waals surface area contributed by atoms with Crippen molar-refractivity contribution in [1.82, 2.24) is 9.78 Å². The predicted octanol–water partition coefficient (Wildman–Crippen LogP) is 5.80. The molecule has 0 saturated heterocycles. The third-order valence-corrected chi connectivity index (χ3v) is 6.62. The van der Waals surface area contributed by atoms with Gasteiger partial charge in [-0.15, -0.1) is 0 Å². The molecule has 0 aliphatic rings. The molecule has 0 spiro atoms. The van der Waals surface area contributed by atoms with E-state index in [1.807, 2.05) is 54.1 Å². The average molecular weight is 559 g/mol. The van der Waals surface area contributed by atoms with E-state index >= 15 is 0 Å². The lowest BCUT2D eigenvalue weighted by Crippen LogP contribution is -2.13. The van der Waals surface area contributed by atoms with Crippen LogP contribution in [0.1, 0.15) is 56.1 Å². The van der Waals surface area contributed by atoms with Crippen LogP contribution >= 0.6 is 0 Å². The van der Waals surface area contributed by atoms with E-state index < -0.39 is 0 Å². The zero-order valence-corrected chi connectivity index (χ0v) is 24.3. The van der Waals surface area contributed by atoms with Crippen molar-refractivity contribution in [3.8, 4) is 22.6 Å². The molecular formula is C32H38N4O5. The Morgan fingerprint density at radius 1 is 1.02 bits per heavy atom. The highest BCUT2D eigenvalue weighted by Gasteiger charge is 2.19. The number of fused-ring (bicyclic) bond motifs is 1. The molecule has 0 amide bonds. The number of benzene rings is 3. The van der Waals surface area contributed by atoms with Crippen molar-refractivity contribution in [3.63, 3.8) is 0 Å². The van der Waals surface area contributed by atoms with E-state index in [0.717, 1.165) is 38.9 Å². The molecular weight excluding hydrogens is 520 g/mol. The first-order valence-electron chi connectivity index (χ1n) is 13.8. The van der Waals surface area contributed by atoms with Gasteiger partial charge in [0.05, 0.1) is 37.3 Å². The molecule has 0 atom stereocenters. The highest BCUT2D eigenvalue weighted by molar-refractivity contribution is 6.00. The van der Waals surface area contributed by atoms with Gasteiger partial charge < -0.3 is 24.7 Å². The molecule has 4 aromatic rings. The Balaban J connectivity index is 1.74. The number of nitrogen functional groups attached to an aromatic ring is 1. The maximum atomic E-state index is 12.3.